The van der Waals surface area contributed by atoms with Crippen molar-refractivity contribution < 1.29 is 0 Å². The van der Waals surface area contributed by atoms with E-state index in [2.05, 4.69) is 136 Å². The Morgan fingerprint density at radius 2 is 0.851 bits per heavy atom. The van der Waals surface area contributed by atoms with Crippen molar-refractivity contribution in [2.45, 2.75) is 0 Å². The third-order valence-corrected chi connectivity index (χ3v) is 10.8. The van der Waals surface area contributed by atoms with Crippen LogP contribution in [0.4, 0.5) is 0 Å². The topological polar surface area (TPSA) is 51.6 Å². The Labute approximate surface area is 274 Å². The van der Waals surface area contributed by atoms with Crippen LogP contribution in [-0.4, -0.2) is 19.9 Å². The van der Waals surface area contributed by atoms with E-state index in [-0.39, 0.29) is 0 Å². The number of hydrogen-bond donors (Lipinski definition) is 0. The molecule has 0 aliphatic rings. The van der Waals surface area contributed by atoms with Crippen LogP contribution in [0.3, 0.4) is 0 Å². The monoisotopic (exact) mass is 620 g/mol. The molecule has 4 heterocycles. The van der Waals surface area contributed by atoms with Crippen molar-refractivity contribution >= 4 is 67.4 Å². The zero-order chi connectivity index (χ0) is 31.4. The summed E-state index contributed by atoms with van der Waals surface area (Å²) in [5.41, 5.74) is 3.63. The summed E-state index contributed by atoms with van der Waals surface area (Å²) in [6.45, 7) is 0. The van der Waals surface area contributed by atoms with Gasteiger partial charge in [0.05, 0.1) is 5.69 Å². The Hall–Kier alpha value is -5.83. The molecule has 0 spiro atoms. The Kier molecular flexibility index (Phi) is 7.85. The van der Waals surface area contributed by atoms with Gasteiger partial charge in [-0.2, -0.15) is 0 Å². The van der Waals surface area contributed by atoms with Crippen LogP contribution >= 0.6 is 7.92 Å². The molecule has 0 radical (unpaired) electrons. The fourth-order valence-corrected chi connectivity index (χ4v) is 8.64. The second kappa shape index (κ2) is 12.9. The first kappa shape index (κ1) is 28.6. The van der Waals surface area contributed by atoms with E-state index in [0.717, 1.165) is 33.3 Å². The molecule has 4 nitrogen and oxygen atoms in total. The Bertz CT molecular complexity index is 2340. The summed E-state index contributed by atoms with van der Waals surface area (Å²) in [5, 5.41) is 11.4. The molecule has 222 valence electrons. The van der Waals surface area contributed by atoms with Crippen molar-refractivity contribution in [1.29, 1.82) is 0 Å². The maximum Gasteiger partial charge on any atom is 0.159 e. The fourth-order valence-electron chi connectivity index (χ4n) is 6.02. The van der Waals surface area contributed by atoms with Crippen LogP contribution in [-0.2, 0) is 0 Å². The van der Waals surface area contributed by atoms with Crippen LogP contribution in [0.15, 0.2) is 176 Å². The average molecular weight is 621 g/mol. The summed E-state index contributed by atoms with van der Waals surface area (Å²) in [5.74, 6) is 0. The van der Waals surface area contributed by atoms with Crippen LogP contribution in [0.2, 0.25) is 0 Å². The highest BCUT2D eigenvalue weighted by atomic mass is 31.1. The molecule has 4 aromatic heterocycles. The van der Waals surface area contributed by atoms with Gasteiger partial charge in [0.2, 0.25) is 0 Å². The summed E-state index contributed by atoms with van der Waals surface area (Å²) in [4.78, 5) is 17.4. The standard InChI is InChI=1S/C34H23N2P.C8H6N2/c1-3-13-29-24(8-1)10-5-15-32(29)37(33-16-6-11-25-9-2-4-14-30(25)33)28-20-17-26(18-21-28)31-22-19-27-12-7-23-35-34(27)36-31;1-3-7-4-2-6-10-8(7)9-5-1/h1-23H;1-6H. The molecule has 5 heteroatoms. The molecule has 9 aromatic rings. The molecule has 0 aliphatic carbocycles. The van der Waals surface area contributed by atoms with Gasteiger partial charge < -0.3 is 0 Å². The third kappa shape index (κ3) is 5.83. The van der Waals surface area contributed by atoms with Gasteiger partial charge in [-0.25, -0.2) is 19.9 Å². The maximum absolute atomic E-state index is 4.81. The molecule has 5 aromatic carbocycles. The first-order valence-electron chi connectivity index (χ1n) is 15.6. The number of hydrogen-bond acceptors (Lipinski definition) is 4. The highest BCUT2D eigenvalue weighted by Gasteiger charge is 2.21. The lowest BCUT2D eigenvalue weighted by Gasteiger charge is -2.23. The van der Waals surface area contributed by atoms with Crippen LogP contribution in [0.1, 0.15) is 0 Å². The predicted molar refractivity (Wildman–Crippen MR) is 198 cm³/mol. The zero-order valence-corrected chi connectivity index (χ0v) is 26.4. The predicted octanol–water partition coefficient (Wildman–Crippen LogP) is 8.99. The van der Waals surface area contributed by atoms with E-state index >= 15 is 0 Å². The summed E-state index contributed by atoms with van der Waals surface area (Å²) in [6.07, 6.45) is 5.29. The molecule has 9 rings (SSSR count). The van der Waals surface area contributed by atoms with Gasteiger partial charge in [-0.05, 0) is 93.9 Å². The lowest BCUT2D eigenvalue weighted by Crippen LogP contribution is -2.22. The SMILES string of the molecule is c1cnc2nc(-c3ccc(P(c4cccc5ccccc45)c4cccc5ccccc45)cc3)ccc2c1.c1cnc2ncccc2c1. The normalized spacial score (nSPS) is 11.2. The number of fused-ring (bicyclic) bond motifs is 4. The third-order valence-electron chi connectivity index (χ3n) is 8.28. The second-order valence-electron chi connectivity index (χ2n) is 11.2. The molecule has 0 aliphatic heterocycles. The van der Waals surface area contributed by atoms with Gasteiger partial charge in [0.1, 0.15) is 0 Å². The van der Waals surface area contributed by atoms with Crippen molar-refractivity contribution in [1.82, 2.24) is 19.9 Å². The Balaban J connectivity index is 0.000000276. The molecule has 0 unspecified atom stereocenters. The minimum absolute atomic E-state index is 0.776. The van der Waals surface area contributed by atoms with E-state index in [1.165, 1.54) is 37.5 Å². The maximum atomic E-state index is 4.81. The first-order valence-corrected chi connectivity index (χ1v) is 16.9. The molecule has 0 N–H and O–H groups in total. The van der Waals surface area contributed by atoms with E-state index in [1.807, 2.05) is 36.4 Å². The average Bonchev–Trinajstić information content (AvgIpc) is 3.15. The molecule has 0 bridgehead atoms. The minimum Gasteiger partial charge on any atom is -0.237 e. The molecule has 0 saturated heterocycles. The highest BCUT2D eigenvalue weighted by molar-refractivity contribution is 7.80. The summed E-state index contributed by atoms with van der Waals surface area (Å²) >= 11 is 0. The van der Waals surface area contributed by atoms with Gasteiger partial charge in [-0.3, -0.25) is 0 Å². The second-order valence-corrected chi connectivity index (χ2v) is 13.3. The minimum atomic E-state index is -0.788. The van der Waals surface area contributed by atoms with Crippen LogP contribution < -0.4 is 15.9 Å². The Morgan fingerprint density at radius 1 is 0.362 bits per heavy atom. The van der Waals surface area contributed by atoms with E-state index < -0.39 is 7.92 Å². The van der Waals surface area contributed by atoms with Gasteiger partial charge >= 0.3 is 0 Å². The van der Waals surface area contributed by atoms with E-state index in [0.29, 0.717) is 0 Å². The lowest BCUT2D eigenvalue weighted by molar-refractivity contribution is 1.29. The largest absolute Gasteiger partial charge is 0.237 e. The van der Waals surface area contributed by atoms with E-state index in [1.54, 1.807) is 18.6 Å². The molecular formula is C42H29N4P. The molecule has 0 fully saturated rings. The van der Waals surface area contributed by atoms with Crippen molar-refractivity contribution in [3.63, 3.8) is 0 Å². The van der Waals surface area contributed by atoms with Gasteiger partial charge in [0, 0.05) is 34.9 Å². The zero-order valence-electron chi connectivity index (χ0n) is 25.5. The van der Waals surface area contributed by atoms with Crippen LogP contribution in [0.25, 0.3) is 54.9 Å². The number of nitrogens with zero attached hydrogens (tertiary/aromatic N) is 4. The van der Waals surface area contributed by atoms with E-state index in [9.17, 15) is 0 Å². The highest BCUT2D eigenvalue weighted by Crippen LogP contribution is 2.38. The molecule has 47 heavy (non-hydrogen) atoms. The molecule has 0 saturated carbocycles. The van der Waals surface area contributed by atoms with Gasteiger partial charge in [-0.1, -0.05) is 109 Å². The smallest absolute Gasteiger partial charge is 0.159 e. The summed E-state index contributed by atoms with van der Waals surface area (Å²) in [6, 6.07) is 55.8. The fraction of sp³-hybridized carbons (Fsp3) is 0. The molecule has 0 amide bonds. The number of aromatic nitrogens is 4. The van der Waals surface area contributed by atoms with Crippen molar-refractivity contribution in [3.05, 3.63) is 176 Å². The summed E-state index contributed by atoms with van der Waals surface area (Å²) in [7, 11) is -0.788. The van der Waals surface area contributed by atoms with Crippen molar-refractivity contribution in [3.8, 4) is 11.3 Å². The lowest BCUT2D eigenvalue weighted by atomic mass is 10.1. The van der Waals surface area contributed by atoms with Crippen LogP contribution in [0, 0.1) is 0 Å². The van der Waals surface area contributed by atoms with E-state index in [4.69, 9.17) is 4.98 Å². The first-order chi connectivity index (χ1) is 23.3. The van der Waals surface area contributed by atoms with Gasteiger partial charge in [-0.15, -0.1) is 0 Å². The number of benzene rings is 5. The van der Waals surface area contributed by atoms with Crippen LogP contribution in [0.5, 0.6) is 0 Å². The quantitative estimate of drug-likeness (QED) is 0.184. The Morgan fingerprint density at radius 3 is 1.43 bits per heavy atom. The molecule has 0 atom stereocenters. The van der Waals surface area contributed by atoms with Gasteiger partial charge in [0.15, 0.2) is 11.3 Å². The van der Waals surface area contributed by atoms with Crippen molar-refractivity contribution in [2.75, 3.05) is 0 Å². The van der Waals surface area contributed by atoms with Crippen molar-refractivity contribution in [2.24, 2.45) is 0 Å². The number of pyridine rings is 4. The number of rotatable bonds is 4. The van der Waals surface area contributed by atoms with Gasteiger partial charge in [0.25, 0.3) is 0 Å². The summed E-state index contributed by atoms with van der Waals surface area (Å²) < 4.78 is 0. The molecular weight excluding hydrogens is 591 g/mol.